The van der Waals surface area contributed by atoms with Gasteiger partial charge in [-0.25, -0.2) is 15.0 Å². The zero-order valence-corrected chi connectivity index (χ0v) is 20.0. The van der Waals surface area contributed by atoms with Crippen LogP contribution in [0.4, 0.5) is 5.82 Å². The molecule has 0 saturated carbocycles. The molecule has 0 unspecified atom stereocenters. The van der Waals surface area contributed by atoms with Gasteiger partial charge in [0, 0.05) is 35.9 Å². The third kappa shape index (κ3) is 4.23. The van der Waals surface area contributed by atoms with E-state index in [1.165, 1.54) is 11.8 Å². The summed E-state index contributed by atoms with van der Waals surface area (Å²) in [5.74, 6) is 3.27. The van der Waals surface area contributed by atoms with Crippen molar-refractivity contribution in [2.45, 2.75) is 42.8 Å². The number of aromatic nitrogens is 4. The molecule has 0 spiro atoms. The summed E-state index contributed by atoms with van der Waals surface area (Å²) >= 11 is 5.02. The molecule has 11 heteroatoms. The highest BCUT2D eigenvalue weighted by Crippen LogP contribution is 2.43. The van der Waals surface area contributed by atoms with Crippen LogP contribution in [0.1, 0.15) is 26.2 Å². The number of rotatable bonds is 5. The molecule has 0 bridgehead atoms. The van der Waals surface area contributed by atoms with Crippen LogP contribution >= 0.6 is 27.7 Å². The number of hydrogen-bond donors (Lipinski definition) is 1. The molecule has 4 aliphatic rings. The van der Waals surface area contributed by atoms with Crippen molar-refractivity contribution in [2.24, 2.45) is 5.92 Å². The number of anilines is 1. The number of nitrogens with two attached hydrogens (primary N) is 1. The second-order valence-electron chi connectivity index (χ2n) is 7.98. The highest BCUT2D eigenvalue weighted by molar-refractivity contribution is 9.10. The van der Waals surface area contributed by atoms with Gasteiger partial charge in [-0.2, -0.15) is 0 Å². The Hall–Kier alpha value is -2.53. The number of aryl methyl sites for hydroxylation is 1. The van der Waals surface area contributed by atoms with Crippen molar-refractivity contribution in [3.05, 3.63) is 22.9 Å². The Morgan fingerprint density at radius 1 is 1.25 bits per heavy atom. The van der Waals surface area contributed by atoms with Crippen LogP contribution in [0.5, 0.6) is 11.5 Å². The molecule has 168 valence electrons. The Morgan fingerprint density at radius 2 is 2.00 bits per heavy atom. The zero-order chi connectivity index (χ0) is 22.2. The van der Waals surface area contributed by atoms with Gasteiger partial charge in [0.1, 0.15) is 0 Å². The fourth-order valence-electron chi connectivity index (χ4n) is 4.08. The number of nitrogens with zero attached hydrogens (tertiary/aromatic N) is 5. The maximum Gasteiger partial charge on any atom is 0.231 e. The van der Waals surface area contributed by atoms with Gasteiger partial charge < -0.3 is 24.7 Å². The Balaban J connectivity index is 1.32. The van der Waals surface area contributed by atoms with Crippen molar-refractivity contribution in [1.82, 2.24) is 24.4 Å². The van der Waals surface area contributed by atoms with E-state index in [1.54, 1.807) is 13.3 Å². The first-order valence-corrected chi connectivity index (χ1v) is 12.1. The van der Waals surface area contributed by atoms with Gasteiger partial charge in [0.2, 0.25) is 12.7 Å². The number of imidazole rings is 1. The van der Waals surface area contributed by atoms with Crippen molar-refractivity contribution in [2.75, 3.05) is 25.6 Å². The Kier molecular flexibility index (Phi) is 5.85. The van der Waals surface area contributed by atoms with Crippen LogP contribution in [0.15, 0.2) is 33.0 Å². The van der Waals surface area contributed by atoms with E-state index in [0.717, 1.165) is 59.8 Å². The van der Waals surface area contributed by atoms with E-state index in [0.29, 0.717) is 28.3 Å². The van der Waals surface area contributed by atoms with E-state index in [1.807, 2.05) is 21.6 Å². The normalized spacial score (nSPS) is 16.1. The Labute approximate surface area is 198 Å². The number of fused-ring (bicyclic) bond motifs is 2. The lowest BCUT2D eigenvalue weighted by molar-refractivity contribution is -0.130. The summed E-state index contributed by atoms with van der Waals surface area (Å²) in [5, 5.41) is 0.600. The number of ether oxygens (including phenoxy) is 2. The van der Waals surface area contributed by atoms with Crippen LogP contribution in [0.2, 0.25) is 0 Å². The van der Waals surface area contributed by atoms with Crippen LogP contribution in [-0.4, -0.2) is 50.2 Å². The van der Waals surface area contributed by atoms with Crippen LogP contribution in [-0.2, 0) is 11.3 Å². The first-order valence-electron chi connectivity index (χ1n) is 10.5. The number of carbonyl (C=O) groups excluding carboxylic acids is 1. The van der Waals surface area contributed by atoms with E-state index < -0.39 is 0 Å². The molecular formula is C21H23BrN6O3S. The molecule has 1 amide bonds. The number of nitrogen functional groups attached to an aromatic ring is 1. The predicted octanol–water partition coefficient (Wildman–Crippen LogP) is 3.65. The second kappa shape index (κ2) is 8.78. The van der Waals surface area contributed by atoms with E-state index in [2.05, 4.69) is 25.9 Å². The molecule has 1 aromatic rings. The quantitative estimate of drug-likeness (QED) is 0.545. The molecule has 9 nitrogen and oxygen atoms in total. The van der Waals surface area contributed by atoms with Crippen molar-refractivity contribution in [3.8, 4) is 23.0 Å². The maximum atomic E-state index is 11.5. The standard InChI is InChI=1S/C21H23BrN6O3S/c1-12(29)27-5-2-13(3-6-27)4-7-28-10-24-19(23)18-20(28)26-21(25-18)32-17-9-16-15(8-14(17)22)30-11-31-16/h8-10,13H,2-7,11,23H2,1H3. The number of hydrogen-bond acceptors (Lipinski definition) is 8. The molecule has 0 atom stereocenters. The summed E-state index contributed by atoms with van der Waals surface area (Å²) in [6.45, 7) is 4.31. The minimum Gasteiger partial charge on any atom is -0.454 e. The molecule has 4 aliphatic heterocycles. The maximum absolute atomic E-state index is 11.5. The molecule has 0 aliphatic carbocycles. The molecule has 32 heavy (non-hydrogen) atoms. The van der Waals surface area contributed by atoms with Crippen LogP contribution in [0, 0.1) is 5.92 Å². The van der Waals surface area contributed by atoms with Gasteiger partial charge in [-0.15, -0.1) is 0 Å². The van der Waals surface area contributed by atoms with Gasteiger partial charge in [-0.3, -0.25) is 4.79 Å². The summed E-state index contributed by atoms with van der Waals surface area (Å²) in [5.41, 5.74) is 6.71. The largest absolute Gasteiger partial charge is 0.454 e. The molecule has 4 heterocycles. The van der Waals surface area contributed by atoms with Gasteiger partial charge >= 0.3 is 0 Å². The van der Waals surface area contributed by atoms with Crippen LogP contribution in [0.3, 0.4) is 0 Å². The fourth-order valence-corrected chi connectivity index (χ4v) is 5.43. The summed E-state index contributed by atoms with van der Waals surface area (Å²) in [7, 11) is 0. The molecular weight excluding hydrogens is 496 g/mol. The van der Waals surface area contributed by atoms with E-state index in [-0.39, 0.29) is 12.7 Å². The van der Waals surface area contributed by atoms with Crippen molar-refractivity contribution in [1.29, 1.82) is 0 Å². The Bertz CT molecular complexity index is 1130. The van der Waals surface area contributed by atoms with Gasteiger partial charge in [-0.1, -0.05) is 0 Å². The Morgan fingerprint density at radius 3 is 2.75 bits per heavy atom. The summed E-state index contributed by atoms with van der Waals surface area (Å²) in [4.78, 5) is 28.1. The lowest BCUT2D eigenvalue weighted by Crippen LogP contribution is -2.37. The topological polar surface area (TPSA) is 108 Å². The number of halogens is 1. The lowest BCUT2D eigenvalue weighted by atomic mass is 9.93. The third-order valence-corrected chi connectivity index (χ3v) is 7.78. The van der Waals surface area contributed by atoms with E-state index >= 15 is 0 Å². The van der Waals surface area contributed by atoms with Crippen LogP contribution < -0.4 is 15.2 Å². The van der Waals surface area contributed by atoms with Gasteiger partial charge in [0.05, 0.1) is 6.33 Å². The van der Waals surface area contributed by atoms with Gasteiger partial charge in [0.25, 0.3) is 0 Å². The molecule has 1 fully saturated rings. The second-order valence-corrected chi connectivity index (χ2v) is 9.84. The van der Waals surface area contributed by atoms with Crippen molar-refractivity contribution < 1.29 is 14.3 Å². The summed E-state index contributed by atoms with van der Waals surface area (Å²) < 4.78 is 13.8. The molecule has 2 N–H and O–H groups in total. The predicted molar refractivity (Wildman–Crippen MR) is 123 cm³/mol. The summed E-state index contributed by atoms with van der Waals surface area (Å²) in [6.07, 6.45) is 4.79. The highest BCUT2D eigenvalue weighted by atomic mass is 79.9. The first kappa shape index (κ1) is 21.3. The zero-order valence-electron chi connectivity index (χ0n) is 17.6. The smallest absolute Gasteiger partial charge is 0.231 e. The average molecular weight is 519 g/mol. The highest BCUT2D eigenvalue weighted by Gasteiger charge is 2.24. The average Bonchev–Trinajstić information content (AvgIpc) is 3.41. The molecule has 1 saturated heterocycles. The molecule has 5 rings (SSSR count). The third-order valence-electron chi connectivity index (χ3n) is 5.94. The minimum atomic E-state index is 0.161. The fraction of sp³-hybridized carbons (Fsp3) is 0.429. The first-order chi connectivity index (χ1) is 15.5. The summed E-state index contributed by atoms with van der Waals surface area (Å²) in [6, 6.07) is 3.81. The van der Waals surface area contributed by atoms with Crippen molar-refractivity contribution >= 4 is 39.4 Å². The SMILES string of the molecule is CC(=O)N1CCC(CCn2cnc(N)c3nc(Sc4cc5c(cc4Br)OCO5)nc2-3)CC1. The van der Waals surface area contributed by atoms with Gasteiger partial charge in [-0.05, 0) is 65.0 Å². The van der Waals surface area contributed by atoms with Crippen LogP contribution in [0.25, 0.3) is 11.5 Å². The number of piperidine rings is 1. The molecule has 0 aromatic heterocycles. The number of likely N-dealkylation sites (tertiary alicyclic amines) is 1. The van der Waals surface area contributed by atoms with Gasteiger partial charge in [0.15, 0.2) is 34.0 Å². The van der Waals surface area contributed by atoms with E-state index in [9.17, 15) is 4.79 Å². The monoisotopic (exact) mass is 518 g/mol. The minimum absolute atomic E-state index is 0.161. The van der Waals surface area contributed by atoms with Crippen molar-refractivity contribution in [3.63, 3.8) is 0 Å². The number of carbonyl (C=O) groups is 1. The molecule has 0 radical (unpaired) electrons. The lowest BCUT2D eigenvalue weighted by Gasteiger charge is -2.31. The number of benzene rings is 1. The molecule has 1 aromatic carbocycles. The number of amides is 1. The van der Waals surface area contributed by atoms with E-state index in [4.69, 9.17) is 20.2 Å².